The first-order chi connectivity index (χ1) is 17.9. The molecule has 12 nitrogen and oxygen atoms in total. The molecule has 0 fully saturated rings. The maximum absolute atomic E-state index is 9.55. The van der Waals surface area contributed by atoms with Gasteiger partial charge in [0.1, 0.15) is 0 Å². The van der Waals surface area contributed by atoms with Crippen LogP contribution in [0.25, 0.3) is 0 Å². The summed E-state index contributed by atoms with van der Waals surface area (Å²) in [4.78, 5) is 38.2. The lowest BCUT2D eigenvalue weighted by Crippen LogP contribution is -1.93. The minimum atomic E-state index is -0.787. The summed E-state index contributed by atoms with van der Waals surface area (Å²) in [7, 11) is 5.63. The lowest BCUT2D eigenvalue weighted by molar-refractivity contribution is -0.137. The Balaban J connectivity index is -0.0000000812. The average molecular weight is 705 g/mol. The molecule has 0 aromatic carbocycles. The van der Waals surface area contributed by atoms with Gasteiger partial charge in [0.2, 0.25) is 0 Å². The van der Waals surface area contributed by atoms with Gasteiger partial charge in [-0.2, -0.15) is 50.5 Å². The summed E-state index contributed by atoms with van der Waals surface area (Å²) in [5, 5.41) is 64.1. The van der Waals surface area contributed by atoms with Crippen molar-refractivity contribution in [1.29, 1.82) is 0 Å². The molecule has 0 atom stereocenters. The van der Waals surface area contributed by atoms with Gasteiger partial charge >= 0.3 is 23.9 Å². The van der Waals surface area contributed by atoms with Crippen LogP contribution >= 0.6 is 93.7 Å². The van der Waals surface area contributed by atoms with Gasteiger partial charge in [-0.3, -0.25) is 19.2 Å². The van der Waals surface area contributed by atoms with Crippen molar-refractivity contribution in [2.75, 3.05) is 59.6 Å². The second-order valence-electron chi connectivity index (χ2n) is 5.05. The van der Waals surface area contributed by atoms with Gasteiger partial charge < -0.3 is 40.9 Å². The highest BCUT2D eigenvalue weighted by molar-refractivity contribution is 8.77. The van der Waals surface area contributed by atoms with Crippen LogP contribution < -0.4 is 0 Å². The Morgan fingerprint density at radius 3 is 0.737 bits per heavy atom. The zero-order valence-electron chi connectivity index (χ0n) is 20.5. The van der Waals surface area contributed by atoms with Crippen molar-refractivity contribution in [2.24, 2.45) is 0 Å². The molecule has 0 rings (SSSR count). The second-order valence-corrected chi connectivity index (χ2v) is 11.9. The molecule has 0 saturated heterocycles. The van der Waals surface area contributed by atoms with E-state index in [0.29, 0.717) is 23.0 Å². The molecule has 8 N–H and O–H groups in total. The smallest absolute Gasteiger partial charge is 0.304 e. The molecule has 0 saturated carbocycles. The van der Waals surface area contributed by atoms with Crippen LogP contribution in [-0.2, 0) is 19.2 Å². The van der Waals surface area contributed by atoms with E-state index in [4.69, 9.17) is 40.9 Å². The van der Waals surface area contributed by atoms with Crippen LogP contribution in [0.5, 0.6) is 0 Å². The molecule has 0 heterocycles. The molecular weight excluding hydrogens is 665 g/mol. The Morgan fingerprint density at radius 1 is 0.447 bits per heavy atom. The van der Waals surface area contributed by atoms with Crippen LogP contribution in [0.3, 0.4) is 0 Å². The van der Waals surface area contributed by atoms with Gasteiger partial charge in [0.05, 0.1) is 50.8 Å². The molecule has 0 aromatic rings. The third-order valence-corrected chi connectivity index (χ3v) is 6.69. The molecular formula is C18H40O12S8. The number of aliphatic hydroxyl groups is 4. The fourth-order valence-electron chi connectivity index (χ4n) is 0.649. The number of carbonyl (C=O) groups is 4. The van der Waals surface area contributed by atoms with Crippen LogP contribution in [-0.4, -0.2) is 124 Å². The van der Waals surface area contributed by atoms with E-state index in [-0.39, 0.29) is 50.8 Å². The lowest BCUT2D eigenvalue weighted by atomic mass is 10.5. The minimum Gasteiger partial charge on any atom is -0.481 e. The van der Waals surface area contributed by atoms with Crippen molar-refractivity contribution in [3.63, 3.8) is 0 Å². The molecule has 0 aromatic heterocycles. The molecule has 0 bridgehead atoms. The number of rotatable bonds is 16. The fourth-order valence-corrected chi connectivity index (χ4v) is 3.55. The van der Waals surface area contributed by atoms with E-state index in [1.807, 2.05) is 0 Å². The highest BCUT2D eigenvalue weighted by Crippen LogP contribution is 2.18. The van der Waals surface area contributed by atoms with Crippen LogP contribution in [0.1, 0.15) is 25.7 Å². The molecule has 0 aliphatic rings. The molecule has 0 amide bonds. The van der Waals surface area contributed by atoms with E-state index < -0.39 is 23.9 Å². The number of carboxylic acids is 4. The standard InChI is InChI=1S/C4H10O2S2.4C3H6O2S.C2H6O2S2/c5-1-3-7-8-4-2-6;4*4-3(5)1-2-6;3-1-5-6-2-4/h5-6H,1-4H2;4*6H,1-2H2,(H,4,5);3-4H,1-2H2. The maximum atomic E-state index is 9.55. The summed E-state index contributed by atoms with van der Waals surface area (Å²) >= 11 is 14.7. The van der Waals surface area contributed by atoms with Crippen molar-refractivity contribution < 1.29 is 60.0 Å². The lowest BCUT2D eigenvalue weighted by Gasteiger charge is -1.93. The fraction of sp³-hybridized carbons (Fsp3) is 0.778. The molecule has 0 aliphatic heterocycles. The van der Waals surface area contributed by atoms with Crippen molar-refractivity contribution in [3.05, 3.63) is 0 Å². The molecule has 38 heavy (non-hydrogen) atoms. The Morgan fingerprint density at radius 2 is 0.658 bits per heavy atom. The Hall–Kier alpha value is 0.520. The monoisotopic (exact) mass is 704 g/mol. The van der Waals surface area contributed by atoms with Gasteiger partial charge in [-0.15, -0.1) is 0 Å². The first-order valence-corrected chi connectivity index (χ1v) is 17.6. The van der Waals surface area contributed by atoms with Crippen molar-refractivity contribution in [1.82, 2.24) is 0 Å². The second kappa shape index (κ2) is 53.7. The minimum absolute atomic E-state index is 0.0746. The van der Waals surface area contributed by atoms with E-state index in [0.717, 1.165) is 11.5 Å². The van der Waals surface area contributed by atoms with Gasteiger partial charge in [-0.1, -0.05) is 43.2 Å². The largest absolute Gasteiger partial charge is 0.481 e. The third kappa shape index (κ3) is 109. The summed E-state index contributed by atoms with van der Waals surface area (Å²) in [6, 6.07) is 0. The van der Waals surface area contributed by atoms with Crippen molar-refractivity contribution in [3.8, 4) is 0 Å². The predicted octanol–water partition coefficient (Wildman–Crippen LogP) is 2.18. The summed E-state index contributed by atoms with van der Waals surface area (Å²) in [5.41, 5.74) is 0. The van der Waals surface area contributed by atoms with Gasteiger partial charge in [0, 0.05) is 34.5 Å². The molecule has 0 aliphatic carbocycles. The average Bonchev–Trinajstić information content (AvgIpc) is 2.82. The molecule has 0 spiro atoms. The molecule has 0 unspecified atom stereocenters. The number of thiol groups is 4. The number of hydrogen-bond donors (Lipinski definition) is 12. The Bertz CT molecular complexity index is 420. The molecule has 20 heteroatoms. The topological polar surface area (TPSA) is 230 Å². The van der Waals surface area contributed by atoms with Gasteiger partial charge in [-0.25, -0.2) is 0 Å². The van der Waals surface area contributed by atoms with E-state index in [9.17, 15) is 19.2 Å². The van der Waals surface area contributed by atoms with Gasteiger partial charge in [0.25, 0.3) is 0 Å². The van der Waals surface area contributed by atoms with Crippen LogP contribution in [0.4, 0.5) is 0 Å². The SMILES string of the molecule is O=C(O)CCS.O=C(O)CCS.O=C(O)CCS.O=C(O)CCS.OCCSSCCO.OCSSCO. The zero-order chi connectivity index (χ0) is 31.0. The molecule has 0 radical (unpaired) electrons. The van der Waals surface area contributed by atoms with Crippen LogP contribution in [0.2, 0.25) is 0 Å². The summed E-state index contributed by atoms with van der Waals surface area (Å²) < 4.78 is 0. The quantitative estimate of drug-likeness (QED) is 0.0478. The normalized spacial score (nSPS) is 8.63. The van der Waals surface area contributed by atoms with Gasteiger partial charge in [-0.05, 0) is 0 Å². The molecule has 232 valence electrons. The Kier molecular flexibility index (Phi) is 72.5. The maximum Gasteiger partial charge on any atom is 0.304 e. The summed E-state index contributed by atoms with van der Waals surface area (Å²) in [5.74, 6) is 0.214. The third-order valence-electron chi connectivity index (χ3n) is 1.92. The number of aliphatic carboxylic acids is 4. The Labute approximate surface area is 261 Å². The van der Waals surface area contributed by atoms with E-state index in [2.05, 4.69) is 50.5 Å². The summed E-state index contributed by atoms with van der Waals surface area (Å²) in [6.07, 6.45) is 0.623. The number of carboxylic acid groups (broad SMARTS) is 4. The van der Waals surface area contributed by atoms with Gasteiger partial charge in [0.15, 0.2) is 0 Å². The number of aliphatic hydroxyl groups excluding tert-OH is 4. The predicted molar refractivity (Wildman–Crippen MR) is 173 cm³/mol. The number of hydrogen-bond acceptors (Lipinski definition) is 16. The highest BCUT2D eigenvalue weighted by Gasteiger charge is 1.90. The first kappa shape index (κ1) is 51.3. The zero-order valence-corrected chi connectivity index (χ0v) is 27.4. The summed E-state index contributed by atoms with van der Waals surface area (Å²) in [6.45, 7) is 0.451. The first-order valence-electron chi connectivity index (χ1n) is 10.1. The van der Waals surface area contributed by atoms with Crippen molar-refractivity contribution in [2.45, 2.75) is 25.7 Å². The van der Waals surface area contributed by atoms with Crippen LogP contribution in [0, 0.1) is 0 Å². The highest BCUT2D eigenvalue weighted by atomic mass is 33.1. The van der Waals surface area contributed by atoms with E-state index in [1.165, 1.54) is 21.6 Å². The van der Waals surface area contributed by atoms with Crippen LogP contribution in [0.15, 0.2) is 0 Å². The van der Waals surface area contributed by atoms with E-state index >= 15 is 0 Å². The van der Waals surface area contributed by atoms with Crippen molar-refractivity contribution >= 4 is 118 Å². The van der Waals surface area contributed by atoms with E-state index in [1.54, 1.807) is 21.6 Å².